The molecule has 0 fully saturated rings. The van der Waals surface area contributed by atoms with Crippen LogP contribution in [0, 0.1) is 5.92 Å². The fourth-order valence-electron chi connectivity index (χ4n) is 2.75. The van der Waals surface area contributed by atoms with Gasteiger partial charge in [-0.1, -0.05) is 37.7 Å². The van der Waals surface area contributed by atoms with Crippen LogP contribution in [-0.2, 0) is 9.53 Å². The van der Waals surface area contributed by atoms with E-state index in [1.807, 2.05) is 39.0 Å². The van der Waals surface area contributed by atoms with E-state index in [0.717, 1.165) is 0 Å². The molecule has 1 heterocycles. The number of nitrogens with zero attached hydrogens (tertiary/aromatic N) is 3. The number of ether oxygens (including phenoxy) is 1. The molecular weight excluding hydrogens is 350 g/mol. The Bertz CT molecular complexity index is 832. The monoisotopic (exact) mass is 377 g/mol. The smallest absolute Gasteiger partial charge is 0.262 e. The standard InChI is InChI=1S/C19H27N3O3S/c1-12(2)16(18(24)21(4)5)26-19-20-15-10-8-7-9-14(15)17(23)22(19)13(3)11-25-6/h7-10,12-13,16H,11H2,1-6H3/t13-,16+/m1/s1. The molecular formula is C19H27N3O3S. The summed E-state index contributed by atoms with van der Waals surface area (Å²) in [5, 5.41) is 0.797. The average molecular weight is 378 g/mol. The largest absolute Gasteiger partial charge is 0.383 e. The van der Waals surface area contributed by atoms with Gasteiger partial charge in [0.15, 0.2) is 5.16 Å². The number of fused-ring (bicyclic) bond motifs is 1. The minimum Gasteiger partial charge on any atom is -0.383 e. The van der Waals surface area contributed by atoms with E-state index in [9.17, 15) is 9.59 Å². The van der Waals surface area contributed by atoms with E-state index in [-0.39, 0.29) is 28.7 Å². The predicted octanol–water partition coefficient (Wildman–Crippen LogP) is 2.81. The van der Waals surface area contributed by atoms with E-state index >= 15 is 0 Å². The third-order valence-corrected chi connectivity index (χ3v) is 5.64. The summed E-state index contributed by atoms with van der Waals surface area (Å²) >= 11 is 1.35. The molecule has 0 radical (unpaired) electrons. The zero-order valence-electron chi connectivity index (χ0n) is 16.2. The molecule has 0 aliphatic heterocycles. The lowest BCUT2D eigenvalue weighted by Crippen LogP contribution is -2.36. The van der Waals surface area contributed by atoms with Gasteiger partial charge < -0.3 is 9.64 Å². The van der Waals surface area contributed by atoms with E-state index in [0.29, 0.717) is 22.7 Å². The van der Waals surface area contributed by atoms with Crippen LogP contribution in [0.4, 0.5) is 0 Å². The van der Waals surface area contributed by atoms with Gasteiger partial charge in [0.25, 0.3) is 5.56 Å². The number of methoxy groups -OCH3 is 1. The van der Waals surface area contributed by atoms with Crippen LogP contribution in [0.1, 0.15) is 26.8 Å². The van der Waals surface area contributed by atoms with Crippen LogP contribution in [0.2, 0.25) is 0 Å². The maximum Gasteiger partial charge on any atom is 0.262 e. The predicted molar refractivity (Wildman–Crippen MR) is 106 cm³/mol. The van der Waals surface area contributed by atoms with Crippen molar-refractivity contribution in [2.24, 2.45) is 5.92 Å². The van der Waals surface area contributed by atoms with Crippen molar-refractivity contribution in [1.29, 1.82) is 0 Å². The first-order chi connectivity index (χ1) is 12.3. The Morgan fingerprint density at radius 1 is 1.27 bits per heavy atom. The normalized spacial score (nSPS) is 13.8. The van der Waals surface area contributed by atoms with Crippen molar-refractivity contribution in [1.82, 2.24) is 14.5 Å². The van der Waals surface area contributed by atoms with E-state index in [2.05, 4.69) is 0 Å². The maximum absolute atomic E-state index is 13.1. The topological polar surface area (TPSA) is 64.4 Å². The van der Waals surface area contributed by atoms with Crippen LogP contribution in [0.15, 0.2) is 34.2 Å². The maximum atomic E-state index is 13.1. The molecule has 26 heavy (non-hydrogen) atoms. The van der Waals surface area contributed by atoms with Gasteiger partial charge in [-0.15, -0.1) is 0 Å². The van der Waals surface area contributed by atoms with Crippen LogP contribution < -0.4 is 5.56 Å². The number of thioether (sulfide) groups is 1. The second-order valence-electron chi connectivity index (χ2n) is 6.91. The van der Waals surface area contributed by atoms with Crippen LogP contribution >= 0.6 is 11.8 Å². The van der Waals surface area contributed by atoms with Crippen molar-refractivity contribution in [2.45, 2.75) is 37.2 Å². The molecule has 6 nitrogen and oxygen atoms in total. The highest BCUT2D eigenvalue weighted by Crippen LogP contribution is 2.30. The number of hydrogen-bond donors (Lipinski definition) is 0. The molecule has 0 saturated heterocycles. The zero-order valence-corrected chi connectivity index (χ0v) is 17.0. The van der Waals surface area contributed by atoms with Crippen LogP contribution in [0.3, 0.4) is 0 Å². The second-order valence-corrected chi connectivity index (χ2v) is 8.01. The highest BCUT2D eigenvalue weighted by atomic mass is 32.2. The summed E-state index contributed by atoms with van der Waals surface area (Å²) in [5.41, 5.74) is 0.531. The number of hydrogen-bond acceptors (Lipinski definition) is 5. The molecule has 1 aromatic heterocycles. The molecule has 0 aliphatic carbocycles. The van der Waals surface area contributed by atoms with Gasteiger partial charge in [-0.25, -0.2) is 4.98 Å². The Labute approximate surface area is 158 Å². The fourth-order valence-corrected chi connectivity index (χ4v) is 4.09. The molecule has 7 heteroatoms. The van der Waals surface area contributed by atoms with E-state index in [4.69, 9.17) is 9.72 Å². The highest BCUT2D eigenvalue weighted by molar-refractivity contribution is 8.00. The number of amides is 1. The second kappa shape index (κ2) is 8.68. The number of para-hydroxylation sites is 1. The number of carbonyl (C=O) groups is 1. The van der Waals surface area contributed by atoms with Gasteiger partial charge in [0.05, 0.1) is 28.8 Å². The van der Waals surface area contributed by atoms with Gasteiger partial charge in [-0.05, 0) is 25.0 Å². The number of benzene rings is 1. The molecule has 2 rings (SSSR count). The van der Waals surface area contributed by atoms with Gasteiger partial charge in [-0.2, -0.15) is 0 Å². The molecule has 0 bridgehead atoms. The summed E-state index contributed by atoms with van der Waals surface area (Å²) in [6, 6.07) is 7.10. The Hall–Kier alpha value is -1.86. The zero-order chi connectivity index (χ0) is 19.4. The quantitative estimate of drug-likeness (QED) is 0.548. The van der Waals surface area contributed by atoms with Crippen LogP contribution in [0.25, 0.3) is 10.9 Å². The highest BCUT2D eigenvalue weighted by Gasteiger charge is 2.28. The number of rotatable bonds is 7. The SMILES string of the molecule is COC[C@@H](C)n1c(S[C@H](C(=O)N(C)C)C(C)C)nc2ccccc2c1=O. The van der Waals surface area contributed by atoms with E-state index < -0.39 is 0 Å². The minimum absolute atomic E-state index is 0.0124. The summed E-state index contributed by atoms with van der Waals surface area (Å²) < 4.78 is 6.89. The van der Waals surface area contributed by atoms with Crippen LogP contribution in [0.5, 0.6) is 0 Å². The van der Waals surface area contributed by atoms with Gasteiger partial charge in [0, 0.05) is 21.2 Å². The Morgan fingerprint density at radius 3 is 2.50 bits per heavy atom. The lowest BCUT2D eigenvalue weighted by Gasteiger charge is -2.25. The lowest BCUT2D eigenvalue weighted by molar-refractivity contribution is -0.128. The fraction of sp³-hybridized carbons (Fsp3) is 0.526. The molecule has 1 aromatic carbocycles. The molecule has 0 aliphatic rings. The summed E-state index contributed by atoms with van der Waals surface area (Å²) in [7, 11) is 5.09. The van der Waals surface area contributed by atoms with Crippen molar-refractivity contribution < 1.29 is 9.53 Å². The first kappa shape index (κ1) is 20.5. The molecule has 0 unspecified atom stereocenters. The summed E-state index contributed by atoms with van der Waals surface area (Å²) in [6.07, 6.45) is 0. The summed E-state index contributed by atoms with van der Waals surface area (Å²) in [5.74, 6) is 0.114. The third-order valence-electron chi connectivity index (χ3n) is 4.15. The summed E-state index contributed by atoms with van der Waals surface area (Å²) in [6.45, 7) is 6.31. The first-order valence-corrected chi connectivity index (χ1v) is 9.53. The molecule has 1 amide bonds. The summed E-state index contributed by atoms with van der Waals surface area (Å²) in [4.78, 5) is 32.0. The molecule has 2 aromatic rings. The molecule has 0 spiro atoms. The molecule has 0 saturated carbocycles. The van der Waals surface area contributed by atoms with Gasteiger partial charge in [0.2, 0.25) is 5.91 Å². The number of aromatic nitrogens is 2. The van der Waals surface area contributed by atoms with Gasteiger partial charge in [-0.3, -0.25) is 14.2 Å². The van der Waals surface area contributed by atoms with Crippen molar-refractivity contribution in [2.75, 3.05) is 27.8 Å². The molecule has 0 N–H and O–H groups in total. The molecule has 2 atom stereocenters. The van der Waals surface area contributed by atoms with Crippen LogP contribution in [-0.4, -0.2) is 53.4 Å². The van der Waals surface area contributed by atoms with Gasteiger partial charge >= 0.3 is 0 Å². The van der Waals surface area contributed by atoms with Crippen molar-refractivity contribution in [3.05, 3.63) is 34.6 Å². The van der Waals surface area contributed by atoms with Crippen molar-refractivity contribution >= 4 is 28.6 Å². The molecule has 142 valence electrons. The van der Waals surface area contributed by atoms with E-state index in [1.165, 1.54) is 11.8 Å². The number of carbonyl (C=O) groups excluding carboxylic acids is 1. The minimum atomic E-state index is -0.320. The van der Waals surface area contributed by atoms with Crippen molar-refractivity contribution in [3.63, 3.8) is 0 Å². The Morgan fingerprint density at radius 2 is 1.92 bits per heavy atom. The Balaban J connectivity index is 2.61. The lowest BCUT2D eigenvalue weighted by atomic mass is 10.1. The van der Waals surface area contributed by atoms with Gasteiger partial charge in [0.1, 0.15) is 0 Å². The van der Waals surface area contributed by atoms with E-state index in [1.54, 1.807) is 36.7 Å². The third kappa shape index (κ3) is 4.27. The first-order valence-electron chi connectivity index (χ1n) is 8.66. The Kier molecular flexibility index (Phi) is 6.83. The average Bonchev–Trinajstić information content (AvgIpc) is 2.59. The van der Waals surface area contributed by atoms with Crippen molar-refractivity contribution in [3.8, 4) is 0 Å².